The van der Waals surface area contributed by atoms with Crippen LogP contribution in [0.3, 0.4) is 0 Å². The fraction of sp³-hybridized carbons (Fsp3) is 0.231. The van der Waals surface area contributed by atoms with E-state index in [0.717, 1.165) is 16.6 Å². The molecule has 0 unspecified atom stereocenters. The lowest BCUT2D eigenvalue weighted by molar-refractivity contribution is -0.140. The fourth-order valence-electron chi connectivity index (χ4n) is 3.57. The minimum absolute atomic E-state index is 0.220. The van der Waals surface area contributed by atoms with Crippen LogP contribution in [0.1, 0.15) is 28.8 Å². The number of hydrogen-bond donors (Lipinski definition) is 3. The number of carbonyl (C=O) groups is 3. The number of halogens is 1. The number of amides is 1. The van der Waals surface area contributed by atoms with Crippen molar-refractivity contribution in [1.82, 2.24) is 10.3 Å². The van der Waals surface area contributed by atoms with Crippen LogP contribution in [0.25, 0.3) is 10.9 Å². The highest BCUT2D eigenvalue weighted by Crippen LogP contribution is 2.28. The first kappa shape index (κ1) is 26.3. The molecule has 0 spiro atoms. The predicted octanol–water partition coefficient (Wildman–Crippen LogP) is 3.58. The summed E-state index contributed by atoms with van der Waals surface area (Å²) in [5.41, 5.74) is 2.63. The highest BCUT2D eigenvalue weighted by Gasteiger charge is 2.21. The number of carboxylic acid groups (broad SMARTS) is 2. The van der Waals surface area contributed by atoms with Crippen molar-refractivity contribution >= 4 is 46.0 Å². The summed E-state index contributed by atoms with van der Waals surface area (Å²) in [6.45, 7) is 0.763. The Morgan fingerprint density at radius 2 is 1.89 bits per heavy atom. The van der Waals surface area contributed by atoms with E-state index in [2.05, 4.69) is 16.2 Å². The Labute approximate surface area is 212 Å². The second-order valence-electron chi connectivity index (χ2n) is 7.90. The van der Waals surface area contributed by atoms with E-state index in [-0.39, 0.29) is 18.4 Å². The van der Waals surface area contributed by atoms with Crippen molar-refractivity contribution < 1.29 is 29.3 Å². The molecule has 2 aromatic carbocycles. The zero-order chi connectivity index (χ0) is 26.2. The maximum Gasteiger partial charge on any atom is 0.326 e. The monoisotopic (exact) mass is 509 g/mol. The van der Waals surface area contributed by atoms with Gasteiger partial charge < -0.3 is 25.2 Å². The van der Waals surface area contributed by atoms with Gasteiger partial charge in [0.2, 0.25) is 5.88 Å². The van der Waals surface area contributed by atoms with E-state index in [1.807, 2.05) is 23.1 Å². The second-order valence-corrected chi connectivity index (χ2v) is 8.31. The van der Waals surface area contributed by atoms with Crippen molar-refractivity contribution in [2.45, 2.75) is 25.4 Å². The largest absolute Gasteiger partial charge is 0.481 e. The second kappa shape index (κ2) is 11.9. The molecule has 0 aliphatic heterocycles. The fourth-order valence-corrected chi connectivity index (χ4v) is 3.82. The number of carboxylic acids is 2. The van der Waals surface area contributed by atoms with Gasteiger partial charge in [-0.25, -0.2) is 9.78 Å². The van der Waals surface area contributed by atoms with Crippen molar-refractivity contribution in [3.63, 3.8) is 0 Å². The van der Waals surface area contributed by atoms with Gasteiger partial charge in [0.15, 0.2) is 0 Å². The molecule has 36 heavy (non-hydrogen) atoms. The van der Waals surface area contributed by atoms with Crippen LogP contribution < -0.4 is 15.0 Å². The van der Waals surface area contributed by atoms with Crippen LogP contribution in [-0.2, 0) is 16.1 Å². The van der Waals surface area contributed by atoms with E-state index < -0.39 is 23.9 Å². The van der Waals surface area contributed by atoms with Crippen LogP contribution in [0.2, 0.25) is 5.02 Å². The molecular formula is C26H24ClN3O6. The quantitative estimate of drug-likeness (QED) is 0.334. The van der Waals surface area contributed by atoms with Gasteiger partial charge in [-0.2, -0.15) is 0 Å². The standard InChI is InChI=1S/C26H24ClN3O6/c1-3-12-30(15-16-4-9-21-19(13-16)20(27)14-23(28-21)36-2)18-7-5-17(6-8-18)25(33)29-22(26(34)35)10-11-24(31)32/h1,4-9,13-14,22H,10-12,15H2,2H3,(H,29,33)(H,31,32)(H,34,35)/t22-/m0/s1. The number of carbonyl (C=O) groups excluding carboxylic acids is 1. The third-order valence-electron chi connectivity index (χ3n) is 5.41. The third-order valence-corrected chi connectivity index (χ3v) is 5.72. The third kappa shape index (κ3) is 6.64. The summed E-state index contributed by atoms with van der Waals surface area (Å²) in [6.07, 6.45) is 4.99. The number of nitrogens with one attached hydrogen (secondary N) is 1. The summed E-state index contributed by atoms with van der Waals surface area (Å²) in [5.74, 6) is -0.00328. The molecule has 1 aromatic heterocycles. The highest BCUT2D eigenvalue weighted by atomic mass is 35.5. The summed E-state index contributed by atoms with van der Waals surface area (Å²) in [6, 6.07) is 12.6. The van der Waals surface area contributed by atoms with Crippen molar-refractivity contribution in [1.29, 1.82) is 0 Å². The number of terminal acetylenes is 1. The van der Waals surface area contributed by atoms with E-state index in [0.29, 0.717) is 29.5 Å². The maximum absolute atomic E-state index is 12.5. The van der Waals surface area contributed by atoms with Gasteiger partial charge in [0.1, 0.15) is 6.04 Å². The van der Waals surface area contributed by atoms with Gasteiger partial charge in [-0.15, -0.1) is 6.42 Å². The van der Waals surface area contributed by atoms with Gasteiger partial charge in [0.25, 0.3) is 5.91 Å². The summed E-state index contributed by atoms with van der Waals surface area (Å²) in [5, 5.41) is 21.7. The minimum Gasteiger partial charge on any atom is -0.481 e. The molecule has 0 saturated carbocycles. The van der Waals surface area contributed by atoms with Gasteiger partial charge >= 0.3 is 11.9 Å². The molecule has 186 valence electrons. The smallest absolute Gasteiger partial charge is 0.326 e. The Balaban J connectivity index is 1.76. The van der Waals surface area contributed by atoms with E-state index in [9.17, 15) is 19.5 Å². The lowest BCUT2D eigenvalue weighted by atomic mass is 10.1. The number of fused-ring (bicyclic) bond motifs is 1. The molecule has 0 aliphatic rings. The van der Waals surface area contributed by atoms with Crippen LogP contribution in [-0.4, -0.2) is 52.7 Å². The SMILES string of the molecule is C#CCN(Cc1ccc2nc(OC)cc(Cl)c2c1)c1ccc(C(=O)N[C@@H](CCC(=O)O)C(=O)O)cc1. The molecule has 3 aromatic rings. The molecule has 0 saturated heterocycles. The van der Waals surface area contributed by atoms with Gasteiger partial charge in [-0.3, -0.25) is 9.59 Å². The Morgan fingerprint density at radius 3 is 2.50 bits per heavy atom. The molecule has 9 nitrogen and oxygen atoms in total. The predicted molar refractivity (Wildman–Crippen MR) is 135 cm³/mol. The van der Waals surface area contributed by atoms with Crippen molar-refractivity contribution in [3.05, 3.63) is 64.7 Å². The Kier molecular flexibility index (Phi) is 8.71. The lowest BCUT2D eigenvalue weighted by Crippen LogP contribution is -2.41. The average molecular weight is 510 g/mol. The summed E-state index contributed by atoms with van der Waals surface area (Å²) >= 11 is 6.40. The van der Waals surface area contributed by atoms with Crippen molar-refractivity contribution in [3.8, 4) is 18.2 Å². The normalized spacial score (nSPS) is 11.4. The first-order valence-electron chi connectivity index (χ1n) is 10.9. The van der Waals surface area contributed by atoms with E-state index >= 15 is 0 Å². The highest BCUT2D eigenvalue weighted by molar-refractivity contribution is 6.35. The summed E-state index contributed by atoms with van der Waals surface area (Å²) < 4.78 is 5.16. The molecule has 0 fully saturated rings. The topological polar surface area (TPSA) is 129 Å². The number of benzene rings is 2. The average Bonchev–Trinajstić information content (AvgIpc) is 2.86. The maximum atomic E-state index is 12.5. The Morgan fingerprint density at radius 1 is 1.17 bits per heavy atom. The zero-order valence-corrected chi connectivity index (χ0v) is 20.2. The summed E-state index contributed by atoms with van der Waals surface area (Å²) in [4.78, 5) is 40.9. The van der Waals surface area contributed by atoms with Crippen molar-refractivity contribution in [2.24, 2.45) is 0 Å². The van der Waals surface area contributed by atoms with E-state index in [4.69, 9.17) is 27.9 Å². The van der Waals surface area contributed by atoms with Gasteiger partial charge in [0, 0.05) is 35.7 Å². The number of nitrogens with zero attached hydrogens (tertiary/aromatic N) is 2. The molecule has 1 heterocycles. The molecule has 0 bridgehead atoms. The number of aromatic nitrogens is 1. The van der Waals surface area contributed by atoms with Gasteiger partial charge in [-0.1, -0.05) is 23.6 Å². The first-order valence-corrected chi connectivity index (χ1v) is 11.3. The molecule has 10 heteroatoms. The molecule has 3 N–H and O–H groups in total. The van der Waals surface area contributed by atoms with Gasteiger partial charge in [-0.05, 0) is 48.4 Å². The minimum atomic E-state index is -1.31. The number of methoxy groups -OCH3 is 1. The lowest BCUT2D eigenvalue weighted by Gasteiger charge is -2.23. The number of hydrogen-bond acceptors (Lipinski definition) is 6. The molecule has 3 rings (SSSR count). The van der Waals surface area contributed by atoms with Crippen LogP contribution in [0.15, 0.2) is 48.5 Å². The van der Waals surface area contributed by atoms with Crippen molar-refractivity contribution in [2.75, 3.05) is 18.6 Å². The Hall–Kier alpha value is -4.29. The number of pyridine rings is 1. The van der Waals surface area contributed by atoms with E-state index in [1.165, 1.54) is 7.11 Å². The number of aliphatic carboxylic acids is 2. The zero-order valence-electron chi connectivity index (χ0n) is 19.4. The molecule has 1 amide bonds. The number of rotatable bonds is 11. The van der Waals surface area contributed by atoms with Crippen LogP contribution >= 0.6 is 11.6 Å². The molecular weight excluding hydrogens is 486 g/mol. The molecule has 0 radical (unpaired) electrons. The van der Waals surface area contributed by atoms with Crippen LogP contribution in [0.5, 0.6) is 5.88 Å². The first-order chi connectivity index (χ1) is 17.2. The Bertz CT molecular complexity index is 1320. The van der Waals surface area contributed by atoms with E-state index in [1.54, 1.807) is 30.3 Å². The molecule has 1 atom stereocenters. The van der Waals surface area contributed by atoms with Gasteiger partial charge in [0.05, 0.1) is 24.2 Å². The summed E-state index contributed by atoms with van der Waals surface area (Å²) in [7, 11) is 1.52. The van der Waals surface area contributed by atoms with Crippen LogP contribution in [0, 0.1) is 12.3 Å². The molecule has 0 aliphatic carbocycles. The van der Waals surface area contributed by atoms with Crippen LogP contribution in [0.4, 0.5) is 5.69 Å². The number of anilines is 1. The number of ether oxygens (including phenoxy) is 1.